The lowest BCUT2D eigenvalue weighted by Gasteiger charge is -2.37. The molecule has 0 aliphatic carbocycles. The number of nitrogens with zero attached hydrogens (tertiary/aromatic N) is 1. The molecule has 0 unspecified atom stereocenters. The molecule has 0 aromatic heterocycles. The number of amides is 1. The standard InChI is InChI=1S/C21H20F3NO4/c1-28-13-5-3-12(4-6-13)10-25-11-16(21(27)29-2)14(8-20(25)26)15-7-18(23)19(24)9-17(15)22/h3-7,9,14,16H,8,10-11H2,1-2H3/t14-,16+/m0/s1. The van der Waals surface area contributed by atoms with Gasteiger partial charge in [-0.1, -0.05) is 12.1 Å². The van der Waals surface area contributed by atoms with Gasteiger partial charge < -0.3 is 14.4 Å². The third-order valence-electron chi connectivity index (χ3n) is 5.13. The van der Waals surface area contributed by atoms with Gasteiger partial charge in [0.25, 0.3) is 0 Å². The minimum Gasteiger partial charge on any atom is -0.497 e. The summed E-state index contributed by atoms with van der Waals surface area (Å²) in [5.74, 6) is -5.73. The first-order valence-corrected chi connectivity index (χ1v) is 8.97. The topological polar surface area (TPSA) is 55.8 Å². The summed E-state index contributed by atoms with van der Waals surface area (Å²) < 4.78 is 51.2. The number of likely N-dealkylation sites (tertiary alicyclic amines) is 1. The zero-order valence-corrected chi connectivity index (χ0v) is 16.0. The van der Waals surface area contributed by atoms with Gasteiger partial charge in [0, 0.05) is 31.5 Å². The fourth-order valence-corrected chi connectivity index (χ4v) is 3.57. The minimum atomic E-state index is -1.33. The number of hydrogen-bond acceptors (Lipinski definition) is 4. The van der Waals surface area contributed by atoms with Gasteiger partial charge in [-0.3, -0.25) is 9.59 Å². The van der Waals surface area contributed by atoms with E-state index in [-0.39, 0.29) is 31.0 Å². The highest BCUT2D eigenvalue weighted by molar-refractivity contribution is 5.83. The Labute approximate surface area is 166 Å². The second-order valence-electron chi connectivity index (χ2n) is 6.85. The molecule has 1 amide bonds. The molecule has 2 atom stereocenters. The van der Waals surface area contributed by atoms with E-state index in [1.54, 1.807) is 31.4 Å². The molecule has 0 N–H and O–H groups in total. The summed E-state index contributed by atoms with van der Waals surface area (Å²) in [6, 6.07) is 8.22. The van der Waals surface area contributed by atoms with Crippen molar-refractivity contribution >= 4 is 11.9 Å². The van der Waals surface area contributed by atoms with Gasteiger partial charge in [-0.2, -0.15) is 0 Å². The second kappa shape index (κ2) is 8.55. The molecule has 0 saturated carbocycles. The molecule has 29 heavy (non-hydrogen) atoms. The van der Waals surface area contributed by atoms with Crippen LogP contribution < -0.4 is 4.74 Å². The van der Waals surface area contributed by atoms with Crippen molar-refractivity contribution in [3.63, 3.8) is 0 Å². The van der Waals surface area contributed by atoms with Crippen LogP contribution in [0.1, 0.15) is 23.5 Å². The Morgan fingerprint density at radius 1 is 1.07 bits per heavy atom. The summed E-state index contributed by atoms with van der Waals surface area (Å²) in [7, 11) is 2.73. The predicted octanol–water partition coefficient (Wildman–Crippen LogP) is 3.42. The van der Waals surface area contributed by atoms with E-state index in [9.17, 15) is 22.8 Å². The van der Waals surface area contributed by atoms with Crippen molar-refractivity contribution in [1.82, 2.24) is 4.90 Å². The molecule has 154 valence electrons. The largest absolute Gasteiger partial charge is 0.497 e. The number of ether oxygens (including phenoxy) is 2. The number of carbonyl (C=O) groups is 2. The summed E-state index contributed by atoms with van der Waals surface area (Å²) >= 11 is 0. The van der Waals surface area contributed by atoms with Crippen molar-refractivity contribution in [3.8, 4) is 5.75 Å². The van der Waals surface area contributed by atoms with Gasteiger partial charge in [-0.05, 0) is 29.3 Å². The molecule has 1 fully saturated rings. The lowest BCUT2D eigenvalue weighted by atomic mass is 9.79. The number of hydrogen-bond donors (Lipinski definition) is 0. The molecular formula is C21H20F3NO4. The third kappa shape index (κ3) is 4.36. The van der Waals surface area contributed by atoms with Gasteiger partial charge in [0.15, 0.2) is 11.6 Å². The zero-order chi connectivity index (χ0) is 21.1. The van der Waals surface area contributed by atoms with Gasteiger partial charge >= 0.3 is 5.97 Å². The van der Waals surface area contributed by atoms with Gasteiger partial charge in [-0.15, -0.1) is 0 Å². The van der Waals surface area contributed by atoms with E-state index in [1.165, 1.54) is 12.0 Å². The number of halogens is 3. The molecule has 2 aromatic rings. The number of rotatable bonds is 5. The van der Waals surface area contributed by atoms with Crippen LogP contribution in [0.3, 0.4) is 0 Å². The predicted molar refractivity (Wildman–Crippen MR) is 97.6 cm³/mol. The Kier molecular flexibility index (Phi) is 6.10. The Morgan fingerprint density at radius 2 is 1.72 bits per heavy atom. The number of piperidine rings is 1. The molecule has 1 heterocycles. The Hall–Kier alpha value is -3.03. The fourth-order valence-electron chi connectivity index (χ4n) is 3.57. The van der Waals surface area contributed by atoms with Gasteiger partial charge in [-0.25, -0.2) is 13.2 Å². The number of esters is 1. The molecule has 0 bridgehead atoms. The maximum Gasteiger partial charge on any atom is 0.311 e. The molecule has 8 heteroatoms. The van der Waals surface area contributed by atoms with E-state index in [2.05, 4.69) is 0 Å². The summed E-state index contributed by atoms with van der Waals surface area (Å²) in [4.78, 5) is 26.5. The van der Waals surface area contributed by atoms with Crippen molar-refractivity contribution in [2.75, 3.05) is 20.8 Å². The average Bonchev–Trinajstić information content (AvgIpc) is 2.72. The second-order valence-corrected chi connectivity index (χ2v) is 6.85. The van der Waals surface area contributed by atoms with Crippen LogP contribution >= 0.6 is 0 Å². The summed E-state index contributed by atoms with van der Waals surface area (Å²) in [5, 5.41) is 0. The zero-order valence-electron chi connectivity index (χ0n) is 16.0. The highest BCUT2D eigenvalue weighted by Crippen LogP contribution is 2.37. The minimum absolute atomic E-state index is 0.0271. The lowest BCUT2D eigenvalue weighted by molar-refractivity contribution is -0.152. The molecule has 3 rings (SSSR count). The normalized spacial score (nSPS) is 19.2. The van der Waals surface area contributed by atoms with Crippen molar-refractivity contribution in [1.29, 1.82) is 0 Å². The first-order valence-electron chi connectivity index (χ1n) is 8.97. The maximum absolute atomic E-state index is 14.3. The Bertz CT molecular complexity index is 917. The first kappa shape index (κ1) is 20.7. The van der Waals surface area contributed by atoms with Crippen LogP contribution in [-0.2, 0) is 20.9 Å². The monoisotopic (exact) mass is 407 g/mol. The molecule has 5 nitrogen and oxygen atoms in total. The van der Waals surface area contributed by atoms with Gasteiger partial charge in [0.05, 0.1) is 20.1 Å². The van der Waals surface area contributed by atoms with E-state index >= 15 is 0 Å². The Morgan fingerprint density at radius 3 is 2.34 bits per heavy atom. The van der Waals surface area contributed by atoms with E-state index in [1.807, 2.05) is 0 Å². The summed E-state index contributed by atoms with van der Waals surface area (Å²) in [5.41, 5.74) is 0.608. The first-order chi connectivity index (χ1) is 13.8. The van der Waals surface area contributed by atoms with Crippen molar-refractivity contribution in [2.24, 2.45) is 5.92 Å². The highest BCUT2D eigenvalue weighted by Gasteiger charge is 2.41. The quantitative estimate of drug-likeness (QED) is 0.563. The van der Waals surface area contributed by atoms with Gasteiger partial charge in [0.1, 0.15) is 11.6 Å². The van der Waals surface area contributed by atoms with E-state index < -0.39 is 35.3 Å². The van der Waals surface area contributed by atoms with Crippen LogP contribution in [0.15, 0.2) is 36.4 Å². The van der Waals surface area contributed by atoms with E-state index in [0.717, 1.165) is 5.56 Å². The number of benzene rings is 2. The van der Waals surface area contributed by atoms with Crippen molar-refractivity contribution in [3.05, 3.63) is 65.0 Å². The summed E-state index contributed by atoms with van der Waals surface area (Å²) in [6.07, 6.45) is -0.224. The van der Waals surface area contributed by atoms with Gasteiger partial charge in [0.2, 0.25) is 5.91 Å². The molecule has 1 saturated heterocycles. The molecule has 1 aliphatic rings. The number of carbonyl (C=O) groups excluding carboxylic acids is 2. The fraction of sp³-hybridized carbons (Fsp3) is 0.333. The van der Waals surface area contributed by atoms with Crippen molar-refractivity contribution < 1.29 is 32.2 Å². The summed E-state index contributed by atoms with van der Waals surface area (Å²) in [6.45, 7) is 0.212. The smallest absolute Gasteiger partial charge is 0.311 e. The lowest BCUT2D eigenvalue weighted by Crippen LogP contribution is -2.46. The van der Waals surface area contributed by atoms with Crippen LogP contribution in [0, 0.1) is 23.4 Å². The van der Waals surface area contributed by atoms with Crippen LogP contribution in [0.2, 0.25) is 0 Å². The molecule has 2 aromatic carbocycles. The van der Waals surface area contributed by atoms with E-state index in [4.69, 9.17) is 9.47 Å². The van der Waals surface area contributed by atoms with Crippen LogP contribution in [-0.4, -0.2) is 37.5 Å². The molecule has 0 spiro atoms. The third-order valence-corrected chi connectivity index (χ3v) is 5.13. The number of methoxy groups -OCH3 is 2. The average molecular weight is 407 g/mol. The molecule has 1 aliphatic heterocycles. The van der Waals surface area contributed by atoms with Crippen LogP contribution in [0.5, 0.6) is 5.75 Å². The van der Waals surface area contributed by atoms with Crippen LogP contribution in [0.4, 0.5) is 13.2 Å². The Balaban J connectivity index is 1.87. The van der Waals surface area contributed by atoms with Crippen molar-refractivity contribution in [2.45, 2.75) is 18.9 Å². The highest BCUT2D eigenvalue weighted by atomic mass is 19.2. The van der Waals surface area contributed by atoms with E-state index in [0.29, 0.717) is 17.9 Å². The molecular weight excluding hydrogens is 387 g/mol. The maximum atomic E-state index is 14.3. The molecule has 0 radical (unpaired) electrons. The van der Waals surface area contributed by atoms with Crippen LogP contribution in [0.25, 0.3) is 0 Å². The SMILES string of the molecule is COC(=O)[C@@H]1CN(Cc2ccc(OC)cc2)C(=O)C[C@H]1c1cc(F)c(F)cc1F.